The number of esters is 1. The number of unbranched alkanes of at least 4 members (excludes halogenated alkanes) is 1. The minimum Gasteiger partial charge on any atom is -0.427 e. The van der Waals surface area contributed by atoms with Gasteiger partial charge >= 0.3 is 5.97 Å². The molecular formula is C11H13N3O2. The largest absolute Gasteiger partial charge is 0.427 e. The van der Waals surface area contributed by atoms with Gasteiger partial charge in [-0.3, -0.25) is 4.79 Å². The highest BCUT2D eigenvalue weighted by Gasteiger charge is 2.03. The van der Waals surface area contributed by atoms with E-state index in [1.54, 1.807) is 12.1 Å². The molecule has 5 heteroatoms. The Labute approximate surface area is 93.7 Å². The lowest BCUT2D eigenvalue weighted by Crippen LogP contribution is -2.07. The fourth-order valence-corrected chi connectivity index (χ4v) is 1.17. The third-order valence-electron chi connectivity index (χ3n) is 1.93. The van der Waals surface area contributed by atoms with Gasteiger partial charge in [0.1, 0.15) is 5.75 Å². The van der Waals surface area contributed by atoms with Gasteiger partial charge in [0.2, 0.25) is 0 Å². The molecule has 0 saturated heterocycles. The third-order valence-corrected chi connectivity index (χ3v) is 1.93. The van der Waals surface area contributed by atoms with E-state index in [2.05, 4.69) is 10.0 Å². The lowest BCUT2D eigenvalue weighted by Gasteiger charge is -2.02. The zero-order valence-corrected chi connectivity index (χ0v) is 8.87. The molecule has 0 amide bonds. The maximum Gasteiger partial charge on any atom is 0.311 e. The van der Waals surface area contributed by atoms with Crippen LogP contribution in [0.3, 0.4) is 0 Å². The van der Waals surface area contributed by atoms with Crippen LogP contribution in [0.15, 0.2) is 35.4 Å². The summed E-state index contributed by atoms with van der Waals surface area (Å²) in [6.45, 7) is 0.426. The van der Waals surface area contributed by atoms with Gasteiger partial charge < -0.3 is 4.74 Å². The van der Waals surface area contributed by atoms with E-state index < -0.39 is 0 Å². The molecular weight excluding hydrogens is 206 g/mol. The number of carbonyl (C=O) groups excluding carboxylic acids is 1. The Kier molecular flexibility index (Phi) is 5.52. The van der Waals surface area contributed by atoms with Crippen molar-refractivity contribution >= 4 is 5.97 Å². The van der Waals surface area contributed by atoms with Crippen LogP contribution in [-0.4, -0.2) is 12.5 Å². The molecule has 5 nitrogen and oxygen atoms in total. The van der Waals surface area contributed by atoms with Gasteiger partial charge in [-0.05, 0) is 30.5 Å². The molecule has 1 aromatic rings. The van der Waals surface area contributed by atoms with Crippen molar-refractivity contribution in [1.82, 2.24) is 0 Å². The van der Waals surface area contributed by atoms with E-state index in [-0.39, 0.29) is 5.97 Å². The summed E-state index contributed by atoms with van der Waals surface area (Å²) < 4.78 is 5.08. The van der Waals surface area contributed by atoms with Crippen molar-refractivity contribution in [3.8, 4) is 5.75 Å². The highest BCUT2D eigenvalue weighted by Crippen LogP contribution is 2.10. The van der Waals surface area contributed by atoms with Crippen molar-refractivity contribution < 1.29 is 9.53 Å². The Hall–Kier alpha value is -2.00. The van der Waals surface area contributed by atoms with Gasteiger partial charge in [0, 0.05) is 17.9 Å². The predicted molar refractivity (Wildman–Crippen MR) is 59.9 cm³/mol. The number of azide groups is 1. The highest BCUT2D eigenvalue weighted by atomic mass is 16.5. The topological polar surface area (TPSA) is 75.1 Å². The molecule has 0 aliphatic carbocycles. The molecule has 84 valence electrons. The van der Waals surface area contributed by atoms with Crippen molar-refractivity contribution in [2.45, 2.75) is 19.3 Å². The van der Waals surface area contributed by atoms with Gasteiger partial charge in [-0.15, -0.1) is 0 Å². The molecule has 1 aromatic carbocycles. The molecule has 16 heavy (non-hydrogen) atoms. The first-order valence-corrected chi connectivity index (χ1v) is 5.09. The molecule has 0 aromatic heterocycles. The Bertz CT molecular complexity index is 372. The fourth-order valence-electron chi connectivity index (χ4n) is 1.17. The molecule has 0 saturated carbocycles. The second-order valence-electron chi connectivity index (χ2n) is 3.20. The monoisotopic (exact) mass is 219 g/mol. The number of para-hydroxylation sites is 1. The molecule has 0 N–H and O–H groups in total. The molecule has 0 fully saturated rings. The van der Waals surface area contributed by atoms with Gasteiger partial charge in [-0.25, -0.2) is 0 Å². The van der Waals surface area contributed by atoms with Crippen LogP contribution < -0.4 is 4.74 Å². The van der Waals surface area contributed by atoms with E-state index in [0.29, 0.717) is 31.6 Å². The van der Waals surface area contributed by atoms with Crippen LogP contribution in [0.4, 0.5) is 0 Å². The van der Waals surface area contributed by atoms with Crippen LogP contribution in [0.1, 0.15) is 19.3 Å². The standard InChI is InChI=1S/C11H13N3O2/c12-14-13-9-5-4-8-11(15)16-10-6-2-1-3-7-10/h1-3,6-7H,4-5,8-9H2. The van der Waals surface area contributed by atoms with E-state index >= 15 is 0 Å². The number of hydrogen-bond donors (Lipinski definition) is 0. The maximum absolute atomic E-state index is 11.3. The summed E-state index contributed by atoms with van der Waals surface area (Å²) in [6, 6.07) is 8.95. The van der Waals surface area contributed by atoms with Crippen molar-refractivity contribution in [1.29, 1.82) is 0 Å². The molecule has 0 aliphatic rings. The maximum atomic E-state index is 11.3. The lowest BCUT2D eigenvalue weighted by atomic mass is 10.2. The summed E-state index contributed by atoms with van der Waals surface area (Å²) in [5.74, 6) is 0.301. The molecule has 0 spiro atoms. The summed E-state index contributed by atoms with van der Waals surface area (Å²) in [6.07, 6.45) is 1.72. The van der Waals surface area contributed by atoms with Crippen LogP contribution >= 0.6 is 0 Å². The van der Waals surface area contributed by atoms with Crippen LogP contribution in [-0.2, 0) is 4.79 Å². The van der Waals surface area contributed by atoms with E-state index in [1.807, 2.05) is 18.2 Å². The average Bonchev–Trinajstić information content (AvgIpc) is 2.30. The Morgan fingerprint density at radius 1 is 1.31 bits per heavy atom. The van der Waals surface area contributed by atoms with Gasteiger partial charge in [0.05, 0.1) is 0 Å². The van der Waals surface area contributed by atoms with E-state index in [1.165, 1.54) is 0 Å². The third kappa shape index (κ3) is 5.02. The van der Waals surface area contributed by atoms with Crippen molar-refractivity contribution in [3.63, 3.8) is 0 Å². The Morgan fingerprint density at radius 3 is 2.75 bits per heavy atom. The fraction of sp³-hybridized carbons (Fsp3) is 0.364. The highest BCUT2D eigenvalue weighted by molar-refractivity contribution is 5.72. The van der Waals surface area contributed by atoms with Crippen LogP contribution in [0.5, 0.6) is 5.75 Å². The van der Waals surface area contributed by atoms with Crippen LogP contribution in [0, 0.1) is 0 Å². The number of rotatable bonds is 6. The van der Waals surface area contributed by atoms with Crippen molar-refractivity contribution in [2.24, 2.45) is 5.11 Å². The molecule has 1 rings (SSSR count). The van der Waals surface area contributed by atoms with Crippen LogP contribution in [0.2, 0.25) is 0 Å². The summed E-state index contributed by atoms with van der Waals surface area (Å²) in [7, 11) is 0. The van der Waals surface area contributed by atoms with Gasteiger partial charge in [-0.1, -0.05) is 23.3 Å². The van der Waals surface area contributed by atoms with Gasteiger partial charge in [-0.2, -0.15) is 0 Å². The zero-order chi connectivity index (χ0) is 11.6. The normalized spacial score (nSPS) is 9.25. The van der Waals surface area contributed by atoms with Gasteiger partial charge in [0.25, 0.3) is 0 Å². The summed E-state index contributed by atoms with van der Waals surface area (Å²) in [4.78, 5) is 13.9. The van der Waals surface area contributed by atoms with E-state index in [0.717, 1.165) is 0 Å². The number of ether oxygens (including phenoxy) is 1. The Balaban J connectivity index is 2.19. The van der Waals surface area contributed by atoms with E-state index in [4.69, 9.17) is 10.3 Å². The van der Waals surface area contributed by atoms with Gasteiger partial charge in [0.15, 0.2) is 0 Å². The summed E-state index contributed by atoms with van der Waals surface area (Å²) >= 11 is 0. The quantitative estimate of drug-likeness (QED) is 0.184. The molecule has 0 aliphatic heterocycles. The molecule has 0 radical (unpaired) electrons. The number of nitrogens with zero attached hydrogens (tertiary/aromatic N) is 3. The lowest BCUT2D eigenvalue weighted by molar-refractivity contribution is -0.134. The second-order valence-corrected chi connectivity index (χ2v) is 3.20. The number of hydrogen-bond acceptors (Lipinski definition) is 3. The zero-order valence-electron chi connectivity index (χ0n) is 8.87. The molecule has 0 unspecified atom stereocenters. The first kappa shape index (κ1) is 12.1. The molecule has 0 bridgehead atoms. The first-order valence-electron chi connectivity index (χ1n) is 5.09. The smallest absolute Gasteiger partial charge is 0.311 e. The van der Waals surface area contributed by atoms with Crippen LogP contribution in [0.25, 0.3) is 10.4 Å². The number of carbonyl (C=O) groups is 1. The van der Waals surface area contributed by atoms with Crippen molar-refractivity contribution in [2.75, 3.05) is 6.54 Å². The van der Waals surface area contributed by atoms with Crippen molar-refractivity contribution in [3.05, 3.63) is 40.8 Å². The predicted octanol–water partition coefficient (Wildman–Crippen LogP) is 3.07. The average molecular weight is 219 g/mol. The van der Waals surface area contributed by atoms with E-state index in [9.17, 15) is 4.79 Å². The molecule has 0 atom stereocenters. The number of benzene rings is 1. The molecule has 0 heterocycles. The summed E-state index contributed by atoms with van der Waals surface area (Å²) in [5.41, 5.74) is 8.04. The minimum atomic E-state index is -0.257. The minimum absolute atomic E-state index is 0.257. The SMILES string of the molecule is [N-]=[N+]=NCCCCC(=O)Oc1ccccc1. The first-order chi connectivity index (χ1) is 7.83. The summed E-state index contributed by atoms with van der Waals surface area (Å²) in [5, 5.41) is 3.38. The Morgan fingerprint density at radius 2 is 2.06 bits per heavy atom. The second kappa shape index (κ2) is 7.31.